The van der Waals surface area contributed by atoms with Crippen molar-refractivity contribution in [1.82, 2.24) is 24.8 Å². The number of amides is 1. The Morgan fingerprint density at radius 3 is 2.43 bits per heavy atom. The number of hydrogen-bond acceptors (Lipinski definition) is 5. The number of furan rings is 1. The van der Waals surface area contributed by atoms with Gasteiger partial charge in [-0.25, -0.2) is 14.8 Å². The van der Waals surface area contributed by atoms with E-state index in [1.54, 1.807) is 17.4 Å². The molecule has 0 spiro atoms. The van der Waals surface area contributed by atoms with E-state index in [4.69, 9.17) is 9.15 Å². The number of fused-ring (bicyclic) bond motifs is 3. The lowest BCUT2D eigenvalue weighted by atomic mass is 10.1. The van der Waals surface area contributed by atoms with E-state index in [2.05, 4.69) is 44.2 Å². The molecule has 8 nitrogen and oxygen atoms in total. The molecule has 0 bridgehead atoms. The maximum Gasteiger partial charge on any atom is 0.410 e. The van der Waals surface area contributed by atoms with Crippen LogP contribution in [-0.4, -0.2) is 43.1 Å². The average molecular weight is 470 g/mol. The monoisotopic (exact) mass is 469 g/mol. The zero-order valence-electron chi connectivity index (χ0n) is 20.0. The number of rotatable bonds is 3. The first kappa shape index (κ1) is 21.5. The quantitative estimate of drug-likeness (QED) is 0.317. The van der Waals surface area contributed by atoms with Crippen LogP contribution in [-0.2, 0) is 4.74 Å². The van der Waals surface area contributed by atoms with Crippen molar-refractivity contribution < 1.29 is 13.9 Å². The lowest BCUT2D eigenvalue weighted by Crippen LogP contribution is -2.36. The molecule has 1 fully saturated rings. The van der Waals surface area contributed by atoms with E-state index in [9.17, 15) is 4.79 Å². The maximum absolute atomic E-state index is 12.7. The summed E-state index contributed by atoms with van der Waals surface area (Å²) in [4.78, 5) is 29.8. The molecule has 35 heavy (non-hydrogen) atoms. The van der Waals surface area contributed by atoms with Crippen LogP contribution in [0.5, 0.6) is 0 Å². The number of benzene rings is 2. The standard InChI is InChI=1S/C27H27N5O3/c1-27(2,3)35-26(33)32-10-4-5-22(32)25-29-14-21(31-25)17-7-9-19-18-8-6-16(20-13-28-15-30-20)11-23(18)34-24(19)12-17/h6-9,11-15,22H,4-5,10H2,1-3H3,(H,28,30)(H,29,31). The van der Waals surface area contributed by atoms with Crippen molar-refractivity contribution >= 4 is 28.0 Å². The van der Waals surface area contributed by atoms with Crippen LogP contribution in [0.15, 0.2) is 59.5 Å². The van der Waals surface area contributed by atoms with Crippen molar-refractivity contribution in [3.05, 3.63) is 60.9 Å². The van der Waals surface area contributed by atoms with Crippen molar-refractivity contribution in [2.24, 2.45) is 0 Å². The molecule has 0 saturated carbocycles. The molecular formula is C27H27N5O3. The van der Waals surface area contributed by atoms with E-state index >= 15 is 0 Å². The number of carbonyl (C=O) groups is 1. The van der Waals surface area contributed by atoms with Gasteiger partial charge in [-0.1, -0.05) is 12.1 Å². The molecule has 4 heterocycles. The summed E-state index contributed by atoms with van der Waals surface area (Å²) in [6.45, 7) is 6.31. The highest BCUT2D eigenvalue weighted by atomic mass is 16.6. The van der Waals surface area contributed by atoms with Gasteiger partial charge < -0.3 is 19.1 Å². The van der Waals surface area contributed by atoms with E-state index in [1.807, 2.05) is 39.1 Å². The van der Waals surface area contributed by atoms with Gasteiger partial charge in [0.15, 0.2) is 0 Å². The summed E-state index contributed by atoms with van der Waals surface area (Å²) >= 11 is 0. The SMILES string of the molecule is CC(C)(C)OC(=O)N1CCCC1c1ncc(-c2ccc3c(c2)oc2cc(-c4cnc[nH]4)ccc23)[nH]1. The summed E-state index contributed by atoms with van der Waals surface area (Å²) in [6, 6.07) is 12.2. The molecule has 3 aromatic heterocycles. The Balaban J connectivity index is 1.29. The first-order valence-electron chi connectivity index (χ1n) is 11.9. The fourth-order valence-corrected chi connectivity index (χ4v) is 4.77. The molecule has 2 N–H and O–H groups in total. The number of likely N-dealkylation sites (tertiary alicyclic amines) is 1. The fraction of sp³-hybridized carbons (Fsp3) is 0.296. The lowest BCUT2D eigenvalue weighted by Gasteiger charge is -2.27. The van der Waals surface area contributed by atoms with Gasteiger partial charge in [-0.15, -0.1) is 0 Å². The summed E-state index contributed by atoms with van der Waals surface area (Å²) in [6.07, 6.45) is 6.77. The number of aromatic amines is 2. The molecule has 1 aliphatic heterocycles. The Labute approximate surface area is 202 Å². The van der Waals surface area contributed by atoms with E-state index in [0.29, 0.717) is 6.54 Å². The predicted octanol–water partition coefficient (Wildman–Crippen LogP) is 6.44. The van der Waals surface area contributed by atoms with Gasteiger partial charge in [0, 0.05) is 28.4 Å². The summed E-state index contributed by atoms with van der Waals surface area (Å²) in [5.41, 5.74) is 4.95. The summed E-state index contributed by atoms with van der Waals surface area (Å²) in [5, 5.41) is 2.13. The van der Waals surface area contributed by atoms with Crippen LogP contribution >= 0.6 is 0 Å². The molecule has 6 rings (SSSR count). The van der Waals surface area contributed by atoms with Crippen LogP contribution in [0, 0.1) is 0 Å². The van der Waals surface area contributed by atoms with Gasteiger partial charge in [0.1, 0.15) is 22.6 Å². The minimum atomic E-state index is -0.528. The lowest BCUT2D eigenvalue weighted by molar-refractivity contribution is 0.0218. The van der Waals surface area contributed by atoms with Crippen LogP contribution in [0.2, 0.25) is 0 Å². The molecule has 2 aromatic carbocycles. The van der Waals surface area contributed by atoms with E-state index in [0.717, 1.165) is 63.1 Å². The molecular weight excluding hydrogens is 442 g/mol. The minimum Gasteiger partial charge on any atom is -0.456 e. The van der Waals surface area contributed by atoms with Gasteiger partial charge >= 0.3 is 6.09 Å². The van der Waals surface area contributed by atoms with Gasteiger partial charge in [-0.3, -0.25) is 4.90 Å². The second-order valence-corrected chi connectivity index (χ2v) is 10.0. The van der Waals surface area contributed by atoms with Crippen LogP contribution in [0.25, 0.3) is 44.5 Å². The second kappa shape index (κ2) is 8.01. The van der Waals surface area contributed by atoms with Gasteiger partial charge in [-0.05, 0) is 57.9 Å². The zero-order chi connectivity index (χ0) is 24.2. The normalized spacial score (nSPS) is 16.4. The average Bonchev–Trinajstić information content (AvgIpc) is 3.62. The molecule has 1 unspecified atom stereocenters. The Hall–Kier alpha value is -4.07. The highest BCUT2D eigenvalue weighted by Gasteiger charge is 2.34. The Morgan fingerprint density at radius 2 is 1.77 bits per heavy atom. The van der Waals surface area contributed by atoms with E-state index in [-0.39, 0.29) is 12.1 Å². The number of nitrogens with zero attached hydrogens (tertiary/aromatic N) is 3. The number of nitrogens with one attached hydrogen (secondary N) is 2. The molecule has 1 amide bonds. The molecule has 178 valence electrons. The Bertz CT molecular complexity index is 1520. The van der Waals surface area contributed by atoms with Crippen molar-refractivity contribution in [1.29, 1.82) is 0 Å². The third kappa shape index (κ3) is 3.95. The van der Waals surface area contributed by atoms with Gasteiger partial charge in [0.25, 0.3) is 0 Å². The number of aromatic nitrogens is 4. The molecule has 0 radical (unpaired) electrons. The Morgan fingerprint density at radius 1 is 1.06 bits per heavy atom. The highest BCUT2D eigenvalue weighted by molar-refractivity contribution is 6.06. The smallest absolute Gasteiger partial charge is 0.410 e. The topological polar surface area (TPSA) is 100 Å². The molecule has 8 heteroatoms. The molecule has 1 aliphatic rings. The van der Waals surface area contributed by atoms with Crippen LogP contribution in [0.3, 0.4) is 0 Å². The minimum absolute atomic E-state index is 0.116. The summed E-state index contributed by atoms with van der Waals surface area (Å²) < 4.78 is 11.8. The third-order valence-electron chi connectivity index (χ3n) is 6.39. The molecule has 0 aliphatic carbocycles. The fourth-order valence-electron chi connectivity index (χ4n) is 4.77. The first-order chi connectivity index (χ1) is 16.9. The van der Waals surface area contributed by atoms with Crippen LogP contribution in [0.1, 0.15) is 45.5 Å². The van der Waals surface area contributed by atoms with Crippen LogP contribution in [0.4, 0.5) is 4.79 Å². The molecule has 1 atom stereocenters. The second-order valence-electron chi connectivity index (χ2n) is 10.0. The van der Waals surface area contributed by atoms with E-state index < -0.39 is 5.60 Å². The predicted molar refractivity (Wildman–Crippen MR) is 134 cm³/mol. The van der Waals surface area contributed by atoms with Crippen molar-refractivity contribution in [3.8, 4) is 22.5 Å². The zero-order valence-corrected chi connectivity index (χ0v) is 20.0. The highest BCUT2D eigenvalue weighted by Crippen LogP contribution is 2.36. The molecule has 5 aromatic rings. The van der Waals surface area contributed by atoms with Crippen molar-refractivity contribution in [2.75, 3.05) is 6.54 Å². The summed E-state index contributed by atoms with van der Waals surface area (Å²) in [5.74, 6) is 0.775. The van der Waals surface area contributed by atoms with Crippen LogP contribution < -0.4 is 0 Å². The number of H-pyrrole nitrogens is 2. The third-order valence-corrected chi connectivity index (χ3v) is 6.39. The molecule has 1 saturated heterocycles. The van der Waals surface area contributed by atoms with E-state index in [1.165, 1.54) is 0 Å². The number of hydrogen-bond donors (Lipinski definition) is 2. The van der Waals surface area contributed by atoms with Crippen molar-refractivity contribution in [3.63, 3.8) is 0 Å². The summed E-state index contributed by atoms with van der Waals surface area (Å²) in [7, 11) is 0. The number of imidazole rings is 2. The Kier molecular flexibility index (Phi) is 4.91. The first-order valence-corrected chi connectivity index (χ1v) is 11.9. The largest absolute Gasteiger partial charge is 0.456 e. The van der Waals surface area contributed by atoms with Gasteiger partial charge in [-0.2, -0.15) is 0 Å². The van der Waals surface area contributed by atoms with Gasteiger partial charge in [0.05, 0.1) is 36.2 Å². The van der Waals surface area contributed by atoms with Gasteiger partial charge in [0.2, 0.25) is 0 Å². The number of carbonyl (C=O) groups excluding carboxylic acids is 1. The number of ether oxygens (including phenoxy) is 1. The maximum atomic E-state index is 12.7. The van der Waals surface area contributed by atoms with Crippen molar-refractivity contribution in [2.45, 2.75) is 45.3 Å².